The van der Waals surface area contributed by atoms with Crippen LogP contribution in [-0.4, -0.2) is 41.5 Å². The predicted octanol–water partition coefficient (Wildman–Crippen LogP) is 1.11. The van der Waals surface area contributed by atoms with Crippen LogP contribution >= 0.6 is 11.3 Å². The summed E-state index contributed by atoms with van der Waals surface area (Å²) in [5.41, 5.74) is 11.7. The van der Waals surface area contributed by atoms with E-state index >= 15 is 0 Å². The minimum Gasteiger partial charge on any atom is -0.382 e. The van der Waals surface area contributed by atoms with Crippen LogP contribution in [0.4, 0.5) is 10.9 Å². The number of carbonyl (C=O) groups is 1. The van der Waals surface area contributed by atoms with Gasteiger partial charge in [-0.15, -0.1) is 0 Å². The quantitative estimate of drug-likeness (QED) is 0.769. The van der Waals surface area contributed by atoms with Gasteiger partial charge in [-0.05, 0) is 19.3 Å². The van der Waals surface area contributed by atoms with Gasteiger partial charge >= 0.3 is 0 Å². The molecule has 1 aromatic heterocycles. The molecule has 2 heterocycles. The van der Waals surface area contributed by atoms with E-state index in [2.05, 4.69) is 17.2 Å². The lowest BCUT2D eigenvalue weighted by Crippen LogP contribution is -2.42. The van der Waals surface area contributed by atoms with Crippen molar-refractivity contribution in [2.24, 2.45) is 5.73 Å². The second kappa shape index (κ2) is 6.21. The summed E-state index contributed by atoms with van der Waals surface area (Å²) >= 11 is 1.33. The Labute approximate surface area is 117 Å². The first-order valence-electron chi connectivity index (χ1n) is 6.66. The molecule has 106 valence electrons. The number of hydrogen-bond acceptors (Lipinski definition) is 6. The Morgan fingerprint density at radius 3 is 2.84 bits per heavy atom. The largest absolute Gasteiger partial charge is 0.382 e. The second-order valence-corrected chi connectivity index (χ2v) is 5.79. The molecule has 0 aliphatic carbocycles. The molecule has 7 heteroatoms. The van der Waals surface area contributed by atoms with Crippen molar-refractivity contribution in [2.45, 2.75) is 32.2 Å². The number of carbonyl (C=O) groups excluding carboxylic acids is 1. The topological polar surface area (TPSA) is 97.3 Å². The van der Waals surface area contributed by atoms with E-state index in [1.165, 1.54) is 11.3 Å². The van der Waals surface area contributed by atoms with Gasteiger partial charge in [-0.1, -0.05) is 18.3 Å². The SMILES string of the molecule is CCCNc1nc(N)c(C(=O)N2CCC(N)CC2)s1. The molecule has 2 rings (SSSR count). The highest BCUT2D eigenvalue weighted by Gasteiger charge is 2.25. The molecule has 0 bridgehead atoms. The summed E-state index contributed by atoms with van der Waals surface area (Å²) in [5.74, 6) is 0.301. The van der Waals surface area contributed by atoms with E-state index in [0.29, 0.717) is 23.8 Å². The lowest BCUT2D eigenvalue weighted by Gasteiger charge is -2.29. The maximum absolute atomic E-state index is 12.4. The summed E-state index contributed by atoms with van der Waals surface area (Å²) in [6, 6.07) is 0.213. The van der Waals surface area contributed by atoms with Crippen LogP contribution in [0.5, 0.6) is 0 Å². The number of amides is 1. The van der Waals surface area contributed by atoms with E-state index in [9.17, 15) is 4.79 Å². The molecule has 1 amide bonds. The van der Waals surface area contributed by atoms with Crippen molar-refractivity contribution in [3.8, 4) is 0 Å². The Balaban J connectivity index is 2.04. The van der Waals surface area contributed by atoms with Crippen molar-refractivity contribution in [3.05, 3.63) is 4.88 Å². The van der Waals surface area contributed by atoms with Gasteiger partial charge in [-0.3, -0.25) is 4.79 Å². The van der Waals surface area contributed by atoms with Crippen LogP contribution in [0.15, 0.2) is 0 Å². The van der Waals surface area contributed by atoms with E-state index < -0.39 is 0 Å². The minimum absolute atomic E-state index is 0.0218. The van der Waals surface area contributed by atoms with Gasteiger partial charge in [0.2, 0.25) is 0 Å². The van der Waals surface area contributed by atoms with Crippen LogP contribution in [-0.2, 0) is 0 Å². The summed E-state index contributed by atoms with van der Waals surface area (Å²) in [7, 11) is 0. The van der Waals surface area contributed by atoms with Crippen LogP contribution in [0.2, 0.25) is 0 Å². The average Bonchev–Trinajstić information content (AvgIpc) is 2.77. The van der Waals surface area contributed by atoms with Gasteiger partial charge in [0.15, 0.2) is 5.13 Å². The molecule has 1 aliphatic rings. The molecule has 0 radical (unpaired) electrons. The van der Waals surface area contributed by atoms with Crippen LogP contribution in [0.3, 0.4) is 0 Å². The molecule has 5 N–H and O–H groups in total. The van der Waals surface area contributed by atoms with E-state index in [-0.39, 0.29) is 11.9 Å². The molecule has 0 saturated carbocycles. The number of nitrogen functional groups attached to an aromatic ring is 1. The Morgan fingerprint density at radius 2 is 2.21 bits per heavy atom. The molecule has 0 atom stereocenters. The van der Waals surface area contributed by atoms with Crippen molar-refractivity contribution in [3.63, 3.8) is 0 Å². The minimum atomic E-state index is -0.0218. The van der Waals surface area contributed by atoms with Crippen molar-refractivity contribution < 1.29 is 4.79 Å². The van der Waals surface area contributed by atoms with Crippen molar-refractivity contribution >= 4 is 28.2 Å². The fourth-order valence-corrected chi connectivity index (χ4v) is 2.92. The summed E-state index contributed by atoms with van der Waals surface area (Å²) in [4.78, 5) is 18.9. The van der Waals surface area contributed by atoms with Crippen molar-refractivity contribution in [2.75, 3.05) is 30.7 Å². The molecule has 1 aromatic rings. The number of rotatable bonds is 4. The maximum atomic E-state index is 12.4. The summed E-state index contributed by atoms with van der Waals surface area (Å²) in [6.07, 6.45) is 2.71. The van der Waals surface area contributed by atoms with E-state index in [1.54, 1.807) is 0 Å². The number of anilines is 2. The predicted molar refractivity (Wildman–Crippen MR) is 78.4 cm³/mol. The fourth-order valence-electron chi connectivity index (χ4n) is 2.04. The van der Waals surface area contributed by atoms with Gasteiger partial charge < -0.3 is 21.7 Å². The smallest absolute Gasteiger partial charge is 0.267 e. The molecule has 0 aromatic carbocycles. The second-order valence-electron chi connectivity index (χ2n) is 4.79. The number of thiazole rings is 1. The van der Waals surface area contributed by atoms with Crippen LogP contribution in [0.25, 0.3) is 0 Å². The van der Waals surface area contributed by atoms with Gasteiger partial charge in [-0.2, -0.15) is 0 Å². The number of hydrogen-bond donors (Lipinski definition) is 3. The van der Waals surface area contributed by atoms with E-state index in [1.807, 2.05) is 4.90 Å². The van der Waals surface area contributed by atoms with Gasteiger partial charge in [0.05, 0.1) is 0 Å². The maximum Gasteiger partial charge on any atom is 0.267 e. The van der Waals surface area contributed by atoms with Crippen LogP contribution in [0.1, 0.15) is 35.9 Å². The number of aromatic nitrogens is 1. The van der Waals surface area contributed by atoms with Crippen LogP contribution < -0.4 is 16.8 Å². The summed E-state index contributed by atoms with van der Waals surface area (Å²) in [6.45, 7) is 4.32. The average molecular weight is 283 g/mol. The van der Waals surface area contributed by atoms with E-state index in [4.69, 9.17) is 11.5 Å². The Morgan fingerprint density at radius 1 is 1.53 bits per heavy atom. The number of likely N-dealkylation sites (tertiary alicyclic amines) is 1. The third kappa shape index (κ3) is 3.36. The van der Waals surface area contributed by atoms with Gasteiger partial charge in [-0.25, -0.2) is 4.98 Å². The summed E-state index contributed by atoms with van der Waals surface area (Å²) in [5, 5.41) is 3.88. The highest BCUT2D eigenvalue weighted by molar-refractivity contribution is 7.18. The molecule has 0 unspecified atom stereocenters. The first-order chi connectivity index (χ1) is 9.11. The third-order valence-corrected chi connectivity index (χ3v) is 4.22. The standard InChI is InChI=1S/C12H21N5OS/c1-2-5-15-12-16-10(14)9(19-12)11(18)17-6-3-8(13)4-7-17/h8H,2-7,13-14H2,1H3,(H,15,16). The molecule has 1 fully saturated rings. The molecular weight excluding hydrogens is 262 g/mol. The molecule has 19 heavy (non-hydrogen) atoms. The van der Waals surface area contributed by atoms with Crippen LogP contribution in [0, 0.1) is 0 Å². The first-order valence-corrected chi connectivity index (χ1v) is 7.48. The zero-order valence-electron chi connectivity index (χ0n) is 11.2. The summed E-state index contributed by atoms with van der Waals surface area (Å²) < 4.78 is 0. The number of nitrogens with two attached hydrogens (primary N) is 2. The number of piperidine rings is 1. The molecule has 0 spiro atoms. The number of nitrogens with zero attached hydrogens (tertiary/aromatic N) is 2. The third-order valence-electron chi connectivity index (χ3n) is 3.20. The number of nitrogens with one attached hydrogen (secondary N) is 1. The zero-order valence-corrected chi connectivity index (χ0v) is 12.0. The van der Waals surface area contributed by atoms with Crippen molar-refractivity contribution in [1.29, 1.82) is 0 Å². The van der Waals surface area contributed by atoms with Gasteiger partial charge in [0.25, 0.3) is 5.91 Å². The monoisotopic (exact) mass is 283 g/mol. The Hall–Kier alpha value is -1.34. The lowest BCUT2D eigenvalue weighted by atomic mass is 10.1. The molecule has 1 saturated heterocycles. The lowest BCUT2D eigenvalue weighted by molar-refractivity contribution is 0.0720. The van der Waals surface area contributed by atoms with Gasteiger partial charge in [0.1, 0.15) is 10.7 Å². The zero-order chi connectivity index (χ0) is 13.8. The molecule has 1 aliphatic heterocycles. The highest BCUT2D eigenvalue weighted by atomic mass is 32.1. The molecular formula is C12H21N5OS. The van der Waals surface area contributed by atoms with Gasteiger partial charge in [0, 0.05) is 25.7 Å². The van der Waals surface area contributed by atoms with E-state index in [0.717, 1.165) is 30.9 Å². The normalized spacial score (nSPS) is 16.6. The first kappa shape index (κ1) is 14.1. The molecule has 6 nitrogen and oxygen atoms in total. The highest BCUT2D eigenvalue weighted by Crippen LogP contribution is 2.27. The Bertz CT molecular complexity index is 439. The van der Waals surface area contributed by atoms with Crippen molar-refractivity contribution in [1.82, 2.24) is 9.88 Å². The fraction of sp³-hybridized carbons (Fsp3) is 0.667. The Kier molecular flexibility index (Phi) is 4.60.